The molecule has 1 atom stereocenters. The molecule has 2 N–H and O–H groups in total. The maximum Gasteiger partial charge on any atom is 0.348 e. The number of aromatic nitrogens is 2. The highest BCUT2D eigenvalue weighted by Gasteiger charge is 2.17. The van der Waals surface area contributed by atoms with Crippen molar-refractivity contribution in [3.05, 3.63) is 34.3 Å². The third-order valence-corrected chi connectivity index (χ3v) is 4.25. The maximum atomic E-state index is 11.5. The zero-order chi connectivity index (χ0) is 19.2. The second-order valence-corrected chi connectivity index (χ2v) is 7.92. The van der Waals surface area contributed by atoms with Crippen molar-refractivity contribution < 1.29 is 14.6 Å². The van der Waals surface area contributed by atoms with Gasteiger partial charge in [0.1, 0.15) is 4.88 Å². The number of thiophene rings is 1. The number of carbonyl (C=O) groups is 1. The number of rotatable bonds is 7. The summed E-state index contributed by atoms with van der Waals surface area (Å²) in [6, 6.07) is 3.88. The van der Waals surface area contributed by atoms with Gasteiger partial charge in [0.25, 0.3) is 0 Å². The van der Waals surface area contributed by atoms with Crippen LogP contribution in [0.5, 0.6) is 6.01 Å². The van der Waals surface area contributed by atoms with Crippen LogP contribution in [0.15, 0.2) is 24.5 Å². The van der Waals surface area contributed by atoms with Crippen molar-refractivity contribution in [2.24, 2.45) is 5.41 Å². The largest absolute Gasteiger partial charge is 0.477 e. The van der Waals surface area contributed by atoms with E-state index in [-0.39, 0.29) is 16.3 Å². The van der Waals surface area contributed by atoms with E-state index in [1.54, 1.807) is 24.5 Å². The third kappa shape index (κ3) is 6.37. The normalized spacial score (nSPS) is 12.0. The van der Waals surface area contributed by atoms with Crippen molar-refractivity contribution in [3.63, 3.8) is 0 Å². The van der Waals surface area contributed by atoms with Gasteiger partial charge in [-0.25, -0.2) is 14.8 Å². The van der Waals surface area contributed by atoms with Crippen molar-refractivity contribution in [2.45, 2.75) is 40.2 Å². The molecule has 0 saturated carbocycles. The SMILES string of the molecule is C[C@@H](CCOc1ncccn1)Nc1cc(C#CC(C)(C)C)sc1C(=O)O. The van der Waals surface area contributed by atoms with Crippen LogP contribution in [-0.4, -0.2) is 33.7 Å². The molecule has 0 aliphatic carbocycles. The lowest BCUT2D eigenvalue weighted by molar-refractivity contribution is 0.0703. The van der Waals surface area contributed by atoms with Crippen LogP contribution in [-0.2, 0) is 0 Å². The van der Waals surface area contributed by atoms with Crippen LogP contribution in [0.3, 0.4) is 0 Å². The van der Waals surface area contributed by atoms with Crippen LogP contribution in [0.2, 0.25) is 0 Å². The summed E-state index contributed by atoms with van der Waals surface area (Å²) in [6.07, 6.45) is 3.92. The van der Waals surface area contributed by atoms with Gasteiger partial charge in [0.2, 0.25) is 0 Å². The molecule has 0 aliphatic rings. The summed E-state index contributed by atoms with van der Waals surface area (Å²) in [4.78, 5) is 20.5. The van der Waals surface area contributed by atoms with Crippen LogP contribution in [0.4, 0.5) is 5.69 Å². The number of nitrogens with zero attached hydrogens (tertiary/aromatic N) is 2. The average molecular weight is 373 g/mol. The van der Waals surface area contributed by atoms with E-state index in [9.17, 15) is 9.90 Å². The fourth-order valence-corrected chi connectivity index (χ4v) is 2.81. The lowest BCUT2D eigenvalue weighted by Crippen LogP contribution is -2.19. The molecule has 6 nitrogen and oxygen atoms in total. The zero-order valence-electron chi connectivity index (χ0n) is 15.4. The molecule has 2 aromatic heterocycles. The molecular formula is C19H23N3O3S. The molecule has 0 unspecified atom stereocenters. The summed E-state index contributed by atoms with van der Waals surface area (Å²) in [6.45, 7) is 8.45. The lowest BCUT2D eigenvalue weighted by Gasteiger charge is -2.14. The molecule has 0 aromatic carbocycles. The van der Waals surface area contributed by atoms with Crippen molar-refractivity contribution in [1.82, 2.24) is 9.97 Å². The topological polar surface area (TPSA) is 84.3 Å². The maximum absolute atomic E-state index is 11.5. The summed E-state index contributed by atoms with van der Waals surface area (Å²) < 4.78 is 5.47. The first-order valence-electron chi connectivity index (χ1n) is 8.31. The summed E-state index contributed by atoms with van der Waals surface area (Å²) in [5, 5.41) is 12.7. The van der Waals surface area contributed by atoms with Crippen molar-refractivity contribution >= 4 is 23.0 Å². The number of anilines is 1. The molecule has 0 spiro atoms. The summed E-state index contributed by atoms with van der Waals surface area (Å²) in [5.74, 6) is 5.24. The van der Waals surface area contributed by atoms with E-state index in [1.807, 2.05) is 27.7 Å². The lowest BCUT2D eigenvalue weighted by atomic mass is 9.98. The molecule has 0 bridgehead atoms. The van der Waals surface area contributed by atoms with Gasteiger partial charge in [0, 0.05) is 30.3 Å². The molecule has 2 heterocycles. The molecule has 0 radical (unpaired) electrons. The molecular weight excluding hydrogens is 350 g/mol. The average Bonchev–Trinajstić information content (AvgIpc) is 2.96. The molecule has 138 valence electrons. The Morgan fingerprint density at radius 2 is 2.08 bits per heavy atom. The quantitative estimate of drug-likeness (QED) is 0.716. The first kappa shape index (κ1) is 19.7. The number of carboxylic acids is 1. The minimum atomic E-state index is -0.956. The molecule has 0 saturated heterocycles. The number of aromatic carboxylic acids is 1. The van der Waals surface area contributed by atoms with Gasteiger partial charge in [-0.05, 0) is 39.8 Å². The Labute approximate surface area is 157 Å². The summed E-state index contributed by atoms with van der Waals surface area (Å²) in [5.41, 5.74) is 0.453. The first-order chi connectivity index (χ1) is 12.2. The number of carboxylic acid groups (broad SMARTS) is 1. The minimum Gasteiger partial charge on any atom is -0.477 e. The Bertz CT molecular complexity index is 801. The standard InChI is InChI=1S/C19H23N3O3S/c1-13(7-11-25-18-20-9-5-10-21-18)22-15-12-14(6-8-19(2,3)4)26-16(15)17(23)24/h5,9-10,12-13,22H,7,11H2,1-4H3,(H,23,24)/t13-/m0/s1. The van der Waals surface area contributed by atoms with E-state index in [1.165, 1.54) is 11.3 Å². The molecule has 7 heteroatoms. The predicted molar refractivity (Wildman–Crippen MR) is 103 cm³/mol. The number of nitrogens with one attached hydrogen (secondary N) is 1. The Morgan fingerprint density at radius 3 is 2.69 bits per heavy atom. The van der Waals surface area contributed by atoms with Crippen LogP contribution in [0, 0.1) is 17.3 Å². The second-order valence-electron chi connectivity index (χ2n) is 6.87. The molecule has 0 amide bonds. The second kappa shape index (κ2) is 8.68. The number of hydrogen-bond donors (Lipinski definition) is 2. The van der Waals surface area contributed by atoms with E-state index >= 15 is 0 Å². The van der Waals surface area contributed by atoms with Gasteiger partial charge in [-0.1, -0.05) is 11.8 Å². The van der Waals surface area contributed by atoms with Crippen LogP contribution in [0.1, 0.15) is 48.7 Å². The molecule has 2 aromatic rings. The van der Waals surface area contributed by atoms with Crippen LogP contribution in [0.25, 0.3) is 0 Å². The molecule has 0 fully saturated rings. The van der Waals surface area contributed by atoms with Crippen molar-refractivity contribution in [3.8, 4) is 17.9 Å². The Hall–Kier alpha value is -2.59. The Balaban J connectivity index is 1.99. The first-order valence-corrected chi connectivity index (χ1v) is 9.13. The highest BCUT2D eigenvalue weighted by molar-refractivity contribution is 7.15. The van der Waals surface area contributed by atoms with Crippen molar-refractivity contribution in [1.29, 1.82) is 0 Å². The van der Waals surface area contributed by atoms with Gasteiger partial charge in [-0.15, -0.1) is 11.3 Å². The zero-order valence-corrected chi connectivity index (χ0v) is 16.2. The molecule has 2 rings (SSSR count). The fourth-order valence-electron chi connectivity index (χ4n) is 1.99. The highest BCUT2D eigenvalue weighted by atomic mass is 32.1. The number of ether oxygens (including phenoxy) is 1. The van der Waals surface area contributed by atoms with Crippen LogP contribution < -0.4 is 10.1 Å². The monoisotopic (exact) mass is 373 g/mol. The van der Waals surface area contributed by atoms with Crippen LogP contribution >= 0.6 is 11.3 Å². The van der Waals surface area contributed by atoms with Gasteiger partial charge in [-0.3, -0.25) is 0 Å². The molecule has 26 heavy (non-hydrogen) atoms. The van der Waals surface area contributed by atoms with E-state index in [0.717, 1.165) is 4.88 Å². The smallest absolute Gasteiger partial charge is 0.348 e. The van der Waals surface area contributed by atoms with E-state index in [2.05, 4.69) is 27.1 Å². The molecule has 0 aliphatic heterocycles. The third-order valence-electron chi connectivity index (χ3n) is 3.21. The summed E-state index contributed by atoms with van der Waals surface area (Å²) in [7, 11) is 0. The predicted octanol–water partition coefficient (Wildman–Crippen LogP) is 3.90. The Morgan fingerprint density at radius 1 is 1.38 bits per heavy atom. The summed E-state index contributed by atoms with van der Waals surface area (Å²) >= 11 is 1.18. The fraction of sp³-hybridized carbons (Fsp3) is 0.421. The van der Waals surface area contributed by atoms with Gasteiger partial charge in [-0.2, -0.15) is 0 Å². The minimum absolute atomic E-state index is 0.0230. The Kier molecular flexibility index (Phi) is 6.58. The van der Waals surface area contributed by atoms with Gasteiger partial charge in [0.05, 0.1) is 17.2 Å². The van der Waals surface area contributed by atoms with E-state index in [0.29, 0.717) is 24.7 Å². The van der Waals surface area contributed by atoms with Gasteiger partial charge >= 0.3 is 12.0 Å². The van der Waals surface area contributed by atoms with Crippen molar-refractivity contribution in [2.75, 3.05) is 11.9 Å². The van der Waals surface area contributed by atoms with E-state index in [4.69, 9.17) is 4.74 Å². The van der Waals surface area contributed by atoms with Gasteiger partial charge in [0.15, 0.2) is 0 Å². The number of hydrogen-bond acceptors (Lipinski definition) is 6. The highest BCUT2D eigenvalue weighted by Crippen LogP contribution is 2.28. The van der Waals surface area contributed by atoms with E-state index < -0.39 is 5.97 Å². The van der Waals surface area contributed by atoms with Gasteiger partial charge < -0.3 is 15.2 Å².